The van der Waals surface area contributed by atoms with Crippen LogP contribution in [0.5, 0.6) is 5.75 Å². The second kappa shape index (κ2) is 7.42. The molecule has 0 amide bonds. The Labute approximate surface area is 112 Å². The van der Waals surface area contributed by atoms with Crippen molar-refractivity contribution in [2.24, 2.45) is 5.92 Å². The topological polar surface area (TPSA) is 21.3 Å². The van der Waals surface area contributed by atoms with Gasteiger partial charge >= 0.3 is 0 Å². The highest BCUT2D eigenvalue weighted by atomic mass is 16.5. The Kier molecular flexibility index (Phi) is 6.20. The molecule has 1 rings (SSSR count). The second-order valence-corrected chi connectivity index (χ2v) is 5.46. The molecule has 0 bridgehead atoms. The first kappa shape index (κ1) is 15.0. The van der Waals surface area contributed by atoms with Crippen LogP contribution >= 0.6 is 0 Å². The molecule has 1 N–H and O–H groups in total. The van der Waals surface area contributed by atoms with Gasteiger partial charge in [-0.3, -0.25) is 0 Å². The zero-order valence-electron chi connectivity index (χ0n) is 12.4. The summed E-state index contributed by atoms with van der Waals surface area (Å²) in [4.78, 5) is 0. The molecule has 1 aromatic rings. The van der Waals surface area contributed by atoms with Crippen molar-refractivity contribution >= 4 is 0 Å². The molecule has 0 aliphatic carbocycles. The van der Waals surface area contributed by atoms with Crippen molar-refractivity contribution in [2.45, 2.75) is 53.2 Å². The van der Waals surface area contributed by atoms with Crippen LogP contribution in [0.1, 0.15) is 40.2 Å². The molecule has 0 radical (unpaired) electrons. The van der Waals surface area contributed by atoms with E-state index in [4.69, 9.17) is 4.74 Å². The lowest BCUT2D eigenvalue weighted by Gasteiger charge is -2.24. The lowest BCUT2D eigenvalue weighted by molar-refractivity contribution is 0.146. The van der Waals surface area contributed by atoms with E-state index in [9.17, 15) is 0 Å². The molecule has 1 unspecified atom stereocenters. The fraction of sp³-hybridized carbons (Fsp3) is 0.625. The van der Waals surface area contributed by atoms with Crippen LogP contribution in [-0.4, -0.2) is 18.7 Å². The molecule has 18 heavy (non-hydrogen) atoms. The molecule has 0 aliphatic rings. The normalized spacial score (nSPS) is 13.1. The van der Waals surface area contributed by atoms with Crippen molar-refractivity contribution in [3.05, 3.63) is 29.8 Å². The molecule has 0 aliphatic heterocycles. The maximum atomic E-state index is 6.11. The van der Waals surface area contributed by atoms with E-state index in [1.807, 2.05) is 6.07 Å². The number of rotatable bonds is 7. The minimum absolute atomic E-state index is 0.222. The van der Waals surface area contributed by atoms with Crippen molar-refractivity contribution in [1.82, 2.24) is 5.32 Å². The van der Waals surface area contributed by atoms with Gasteiger partial charge in [-0.15, -0.1) is 0 Å². The van der Waals surface area contributed by atoms with E-state index in [1.165, 1.54) is 5.56 Å². The van der Waals surface area contributed by atoms with Crippen molar-refractivity contribution in [3.8, 4) is 5.75 Å². The molecule has 2 heteroatoms. The SMILES string of the molecule is CCc1cccc(OC(CNC(C)C)C(C)C)c1. The average Bonchev–Trinajstić information content (AvgIpc) is 2.34. The number of hydrogen-bond acceptors (Lipinski definition) is 2. The predicted molar refractivity (Wildman–Crippen MR) is 78.2 cm³/mol. The van der Waals surface area contributed by atoms with Crippen LogP contribution in [0.3, 0.4) is 0 Å². The van der Waals surface area contributed by atoms with Gasteiger partial charge in [0.05, 0.1) is 0 Å². The van der Waals surface area contributed by atoms with Crippen molar-refractivity contribution in [1.29, 1.82) is 0 Å². The lowest BCUT2D eigenvalue weighted by Crippen LogP contribution is -2.38. The zero-order chi connectivity index (χ0) is 13.5. The standard InChI is InChI=1S/C16H27NO/c1-6-14-8-7-9-15(10-14)18-16(12(2)3)11-17-13(4)5/h7-10,12-13,16-17H,6,11H2,1-5H3. The molecule has 2 nitrogen and oxygen atoms in total. The van der Waals surface area contributed by atoms with Gasteiger partial charge in [-0.2, -0.15) is 0 Å². The minimum Gasteiger partial charge on any atom is -0.489 e. The molecule has 0 saturated carbocycles. The highest BCUT2D eigenvalue weighted by molar-refractivity contribution is 5.28. The van der Waals surface area contributed by atoms with E-state index < -0.39 is 0 Å². The number of nitrogens with one attached hydrogen (secondary N) is 1. The summed E-state index contributed by atoms with van der Waals surface area (Å²) < 4.78 is 6.11. The molecule has 0 heterocycles. The quantitative estimate of drug-likeness (QED) is 0.796. The van der Waals surface area contributed by atoms with Gasteiger partial charge < -0.3 is 10.1 Å². The summed E-state index contributed by atoms with van der Waals surface area (Å²) in [5.41, 5.74) is 1.33. The lowest BCUT2D eigenvalue weighted by atomic mass is 10.1. The summed E-state index contributed by atoms with van der Waals surface area (Å²) in [5, 5.41) is 3.45. The van der Waals surface area contributed by atoms with Gasteiger partial charge in [-0.25, -0.2) is 0 Å². The first-order valence-corrected chi connectivity index (χ1v) is 7.02. The summed E-state index contributed by atoms with van der Waals surface area (Å²) in [7, 11) is 0. The van der Waals surface area contributed by atoms with Crippen LogP contribution in [0.2, 0.25) is 0 Å². The fourth-order valence-electron chi connectivity index (χ4n) is 1.78. The van der Waals surface area contributed by atoms with Crippen molar-refractivity contribution in [3.63, 3.8) is 0 Å². The van der Waals surface area contributed by atoms with Gasteiger partial charge in [-0.05, 0) is 30.0 Å². The molecule has 0 spiro atoms. The Morgan fingerprint density at radius 3 is 2.44 bits per heavy atom. The molecule has 102 valence electrons. The van der Waals surface area contributed by atoms with Crippen LogP contribution in [0.4, 0.5) is 0 Å². The molecule has 0 saturated heterocycles. The average molecular weight is 249 g/mol. The summed E-state index contributed by atoms with van der Waals surface area (Å²) in [6.45, 7) is 11.8. The monoisotopic (exact) mass is 249 g/mol. The van der Waals surface area contributed by atoms with Gasteiger partial charge in [0.1, 0.15) is 11.9 Å². The smallest absolute Gasteiger partial charge is 0.120 e. The third-order valence-corrected chi connectivity index (χ3v) is 3.07. The Morgan fingerprint density at radius 2 is 1.89 bits per heavy atom. The van der Waals surface area contributed by atoms with Crippen LogP contribution < -0.4 is 10.1 Å². The molecule has 1 atom stereocenters. The maximum absolute atomic E-state index is 6.11. The molecular weight excluding hydrogens is 222 g/mol. The summed E-state index contributed by atoms with van der Waals surface area (Å²) in [6.07, 6.45) is 1.27. The summed E-state index contributed by atoms with van der Waals surface area (Å²) in [5.74, 6) is 1.49. The Hall–Kier alpha value is -1.02. The van der Waals surface area contributed by atoms with Gasteiger partial charge in [0.15, 0.2) is 0 Å². The zero-order valence-corrected chi connectivity index (χ0v) is 12.4. The molecule has 0 fully saturated rings. The van der Waals surface area contributed by atoms with E-state index in [2.05, 4.69) is 58.1 Å². The van der Waals surface area contributed by atoms with Crippen LogP contribution in [0, 0.1) is 5.92 Å². The fourth-order valence-corrected chi connectivity index (χ4v) is 1.78. The van der Waals surface area contributed by atoms with E-state index >= 15 is 0 Å². The number of benzene rings is 1. The third-order valence-electron chi connectivity index (χ3n) is 3.07. The van der Waals surface area contributed by atoms with Crippen LogP contribution in [0.15, 0.2) is 24.3 Å². The Balaban J connectivity index is 2.64. The second-order valence-electron chi connectivity index (χ2n) is 5.46. The highest BCUT2D eigenvalue weighted by Crippen LogP contribution is 2.18. The van der Waals surface area contributed by atoms with Gasteiger partial charge in [0, 0.05) is 12.6 Å². The Bertz CT molecular complexity index is 347. The van der Waals surface area contributed by atoms with Crippen LogP contribution in [-0.2, 0) is 6.42 Å². The van der Waals surface area contributed by atoms with Gasteiger partial charge in [0.2, 0.25) is 0 Å². The summed E-state index contributed by atoms with van der Waals surface area (Å²) >= 11 is 0. The molecule has 1 aromatic carbocycles. The number of aryl methyl sites for hydroxylation is 1. The van der Waals surface area contributed by atoms with Gasteiger partial charge in [0.25, 0.3) is 0 Å². The maximum Gasteiger partial charge on any atom is 0.120 e. The van der Waals surface area contributed by atoms with Crippen molar-refractivity contribution in [2.75, 3.05) is 6.54 Å². The Morgan fingerprint density at radius 1 is 1.17 bits per heavy atom. The largest absolute Gasteiger partial charge is 0.489 e. The van der Waals surface area contributed by atoms with Crippen LogP contribution in [0.25, 0.3) is 0 Å². The minimum atomic E-state index is 0.222. The van der Waals surface area contributed by atoms with E-state index in [1.54, 1.807) is 0 Å². The molecular formula is C16H27NO. The third kappa shape index (κ3) is 5.09. The van der Waals surface area contributed by atoms with Crippen molar-refractivity contribution < 1.29 is 4.74 Å². The predicted octanol–water partition coefficient (Wildman–Crippen LogP) is 3.65. The first-order chi connectivity index (χ1) is 8.52. The van der Waals surface area contributed by atoms with E-state index in [-0.39, 0.29) is 6.10 Å². The van der Waals surface area contributed by atoms with Gasteiger partial charge in [-0.1, -0.05) is 46.8 Å². The first-order valence-electron chi connectivity index (χ1n) is 7.02. The highest BCUT2D eigenvalue weighted by Gasteiger charge is 2.15. The van der Waals surface area contributed by atoms with E-state index in [0.717, 1.165) is 18.7 Å². The number of ether oxygens (including phenoxy) is 1. The summed E-state index contributed by atoms with van der Waals surface area (Å²) in [6, 6.07) is 8.90. The molecule has 0 aromatic heterocycles. The van der Waals surface area contributed by atoms with E-state index in [0.29, 0.717) is 12.0 Å². The number of hydrogen-bond donors (Lipinski definition) is 1.